The van der Waals surface area contributed by atoms with E-state index in [2.05, 4.69) is 20.5 Å². The Morgan fingerprint density at radius 1 is 1.17 bits per heavy atom. The van der Waals surface area contributed by atoms with E-state index in [0.717, 1.165) is 50.1 Å². The third kappa shape index (κ3) is 3.62. The molecule has 0 bridgehead atoms. The molecule has 0 atom stereocenters. The van der Waals surface area contributed by atoms with Crippen LogP contribution in [0.2, 0.25) is 0 Å². The van der Waals surface area contributed by atoms with Gasteiger partial charge in [-0.15, -0.1) is 0 Å². The van der Waals surface area contributed by atoms with Gasteiger partial charge in [0.25, 0.3) is 5.91 Å². The molecule has 1 aliphatic heterocycles. The van der Waals surface area contributed by atoms with Gasteiger partial charge in [-0.1, -0.05) is 0 Å². The molecule has 7 heteroatoms. The quantitative estimate of drug-likeness (QED) is 0.909. The summed E-state index contributed by atoms with van der Waals surface area (Å²) in [6.45, 7) is 3.61. The largest absolute Gasteiger partial charge is 0.368 e. The number of piperazine rings is 1. The maximum atomic E-state index is 13.6. The lowest BCUT2D eigenvalue weighted by molar-refractivity contribution is 0.102. The van der Waals surface area contributed by atoms with Crippen molar-refractivity contribution in [3.05, 3.63) is 53.7 Å². The maximum Gasteiger partial charge on any atom is 0.259 e. The normalized spacial score (nSPS) is 14.6. The predicted molar refractivity (Wildman–Crippen MR) is 83.6 cm³/mol. The van der Waals surface area contributed by atoms with Crippen LogP contribution >= 0.6 is 0 Å². The van der Waals surface area contributed by atoms with Gasteiger partial charge < -0.3 is 15.5 Å². The molecule has 1 aliphatic rings. The minimum absolute atomic E-state index is 0.289. The highest BCUT2D eigenvalue weighted by atomic mass is 19.1. The van der Waals surface area contributed by atoms with E-state index in [0.29, 0.717) is 0 Å². The van der Waals surface area contributed by atoms with Crippen LogP contribution < -0.4 is 15.5 Å². The van der Waals surface area contributed by atoms with E-state index in [4.69, 9.17) is 0 Å². The number of carbonyl (C=O) groups is 1. The second-order valence-corrected chi connectivity index (χ2v) is 5.22. The van der Waals surface area contributed by atoms with E-state index in [1.165, 1.54) is 0 Å². The Kier molecular flexibility index (Phi) is 4.47. The SMILES string of the molecule is O=C(Nc1ccc(N2CCNCC2)cn1)c1cc(F)ccc1F. The first-order valence-corrected chi connectivity index (χ1v) is 7.31. The lowest BCUT2D eigenvalue weighted by Gasteiger charge is -2.29. The van der Waals surface area contributed by atoms with Crippen molar-refractivity contribution in [2.24, 2.45) is 0 Å². The number of nitrogens with zero attached hydrogens (tertiary/aromatic N) is 2. The number of benzene rings is 1. The smallest absolute Gasteiger partial charge is 0.259 e. The van der Waals surface area contributed by atoms with Crippen molar-refractivity contribution in [2.45, 2.75) is 0 Å². The van der Waals surface area contributed by atoms with Gasteiger partial charge in [-0.3, -0.25) is 4.79 Å². The first-order chi connectivity index (χ1) is 11.1. The summed E-state index contributed by atoms with van der Waals surface area (Å²) in [5.41, 5.74) is 0.611. The number of aromatic nitrogens is 1. The summed E-state index contributed by atoms with van der Waals surface area (Å²) in [6, 6.07) is 6.24. The van der Waals surface area contributed by atoms with Crippen molar-refractivity contribution in [2.75, 3.05) is 36.4 Å². The predicted octanol–water partition coefficient (Wildman–Crippen LogP) is 2.02. The number of amides is 1. The standard InChI is InChI=1S/C16H16F2N4O/c17-11-1-3-14(18)13(9-11)16(23)21-15-4-2-12(10-20-15)22-7-5-19-6-8-22/h1-4,9-10,19H,5-8H2,(H,20,21,23). The number of carbonyl (C=O) groups excluding carboxylic acids is 1. The van der Waals surface area contributed by atoms with E-state index in [9.17, 15) is 13.6 Å². The third-order valence-corrected chi connectivity index (χ3v) is 3.64. The zero-order valence-corrected chi connectivity index (χ0v) is 12.4. The van der Waals surface area contributed by atoms with Crippen LogP contribution in [0.4, 0.5) is 20.3 Å². The van der Waals surface area contributed by atoms with E-state index in [1.54, 1.807) is 12.3 Å². The van der Waals surface area contributed by atoms with E-state index in [1.807, 2.05) is 6.07 Å². The van der Waals surface area contributed by atoms with Crippen LogP contribution in [0.3, 0.4) is 0 Å². The fraction of sp³-hybridized carbons (Fsp3) is 0.250. The Morgan fingerprint density at radius 3 is 2.65 bits per heavy atom. The zero-order valence-electron chi connectivity index (χ0n) is 12.4. The van der Waals surface area contributed by atoms with E-state index in [-0.39, 0.29) is 11.4 Å². The molecule has 1 amide bonds. The first kappa shape index (κ1) is 15.4. The topological polar surface area (TPSA) is 57.3 Å². The average Bonchev–Trinajstić information content (AvgIpc) is 2.58. The molecule has 0 aliphatic carbocycles. The summed E-state index contributed by atoms with van der Waals surface area (Å²) in [6.07, 6.45) is 1.66. The number of anilines is 2. The third-order valence-electron chi connectivity index (χ3n) is 3.64. The highest BCUT2D eigenvalue weighted by Gasteiger charge is 2.14. The van der Waals surface area contributed by atoms with Crippen LogP contribution in [0, 0.1) is 11.6 Å². The molecule has 1 fully saturated rings. The second-order valence-electron chi connectivity index (χ2n) is 5.22. The molecular formula is C16H16F2N4O. The van der Waals surface area contributed by atoms with Gasteiger partial charge in [0.2, 0.25) is 0 Å². The summed E-state index contributed by atoms with van der Waals surface area (Å²) >= 11 is 0. The molecule has 3 rings (SSSR count). The molecule has 5 nitrogen and oxygen atoms in total. The van der Waals surface area contributed by atoms with Gasteiger partial charge in [0.05, 0.1) is 17.4 Å². The molecule has 0 spiro atoms. The molecule has 23 heavy (non-hydrogen) atoms. The Balaban J connectivity index is 1.70. The summed E-state index contributed by atoms with van der Waals surface area (Å²) in [5, 5.41) is 5.73. The van der Waals surface area contributed by atoms with E-state index >= 15 is 0 Å². The van der Waals surface area contributed by atoms with Crippen molar-refractivity contribution >= 4 is 17.4 Å². The number of hydrogen-bond acceptors (Lipinski definition) is 4. The Hall–Kier alpha value is -2.54. The average molecular weight is 318 g/mol. The van der Waals surface area contributed by atoms with Crippen LogP contribution in [0.5, 0.6) is 0 Å². The molecule has 0 radical (unpaired) electrons. The minimum Gasteiger partial charge on any atom is -0.368 e. The molecular weight excluding hydrogens is 302 g/mol. The molecule has 1 saturated heterocycles. The molecule has 2 aromatic rings. The molecule has 2 heterocycles. The number of halogens is 2. The Bertz CT molecular complexity index is 700. The summed E-state index contributed by atoms with van der Waals surface area (Å²) < 4.78 is 26.7. The fourth-order valence-electron chi connectivity index (χ4n) is 2.43. The summed E-state index contributed by atoms with van der Waals surface area (Å²) in [4.78, 5) is 18.3. The van der Waals surface area contributed by atoms with Gasteiger partial charge in [0.15, 0.2) is 0 Å². The first-order valence-electron chi connectivity index (χ1n) is 7.31. The van der Waals surface area contributed by atoms with E-state index < -0.39 is 17.5 Å². The van der Waals surface area contributed by atoms with Crippen molar-refractivity contribution < 1.29 is 13.6 Å². The fourth-order valence-corrected chi connectivity index (χ4v) is 2.43. The number of hydrogen-bond donors (Lipinski definition) is 2. The van der Waals surface area contributed by atoms with Gasteiger partial charge >= 0.3 is 0 Å². The Morgan fingerprint density at radius 2 is 1.96 bits per heavy atom. The van der Waals surface area contributed by atoms with Gasteiger partial charge in [-0.2, -0.15) is 0 Å². The van der Waals surface area contributed by atoms with Crippen LogP contribution in [0.25, 0.3) is 0 Å². The van der Waals surface area contributed by atoms with Crippen molar-refractivity contribution in [3.8, 4) is 0 Å². The molecule has 0 saturated carbocycles. The summed E-state index contributed by atoms with van der Waals surface area (Å²) in [5.74, 6) is -1.89. The van der Waals surface area contributed by atoms with Gasteiger partial charge in [0.1, 0.15) is 17.5 Å². The lowest BCUT2D eigenvalue weighted by atomic mass is 10.2. The molecule has 0 unspecified atom stereocenters. The van der Waals surface area contributed by atoms with Gasteiger partial charge in [0, 0.05) is 26.2 Å². The highest BCUT2D eigenvalue weighted by Crippen LogP contribution is 2.17. The Labute approximate surface area is 132 Å². The van der Waals surface area contributed by atoms with Crippen LogP contribution in [0.1, 0.15) is 10.4 Å². The van der Waals surface area contributed by atoms with Crippen molar-refractivity contribution in [3.63, 3.8) is 0 Å². The van der Waals surface area contributed by atoms with Crippen molar-refractivity contribution in [1.29, 1.82) is 0 Å². The van der Waals surface area contributed by atoms with Gasteiger partial charge in [-0.25, -0.2) is 13.8 Å². The van der Waals surface area contributed by atoms with Crippen LogP contribution in [-0.2, 0) is 0 Å². The molecule has 2 N–H and O–H groups in total. The van der Waals surface area contributed by atoms with Gasteiger partial charge in [-0.05, 0) is 30.3 Å². The molecule has 120 valence electrons. The minimum atomic E-state index is -0.777. The van der Waals surface area contributed by atoms with Crippen LogP contribution in [0.15, 0.2) is 36.5 Å². The monoisotopic (exact) mass is 318 g/mol. The second kappa shape index (κ2) is 6.70. The molecule has 1 aromatic carbocycles. The molecule has 1 aromatic heterocycles. The highest BCUT2D eigenvalue weighted by molar-refractivity contribution is 6.03. The summed E-state index contributed by atoms with van der Waals surface area (Å²) in [7, 11) is 0. The number of rotatable bonds is 3. The van der Waals surface area contributed by atoms with Crippen molar-refractivity contribution in [1.82, 2.24) is 10.3 Å². The number of nitrogens with one attached hydrogen (secondary N) is 2. The number of pyridine rings is 1. The zero-order chi connectivity index (χ0) is 16.2. The van der Waals surface area contributed by atoms with Crippen LogP contribution in [-0.4, -0.2) is 37.1 Å². The maximum absolute atomic E-state index is 13.6. The lowest BCUT2D eigenvalue weighted by Crippen LogP contribution is -2.43.